The molecule has 0 spiro atoms. The summed E-state index contributed by atoms with van der Waals surface area (Å²) in [4.78, 5) is 24.0. The number of carbonyl (C=O) groups is 1. The highest BCUT2D eigenvalue weighted by Crippen LogP contribution is 2.29. The summed E-state index contributed by atoms with van der Waals surface area (Å²) in [5, 5.41) is 3.16. The average molecular weight is 359 g/mol. The Balaban J connectivity index is 1.37. The van der Waals surface area contributed by atoms with Crippen molar-refractivity contribution in [3.8, 4) is 0 Å². The number of carbonyl (C=O) groups excluding carboxylic acids is 1. The molecule has 7 nitrogen and oxygen atoms in total. The molecule has 2 aliphatic heterocycles. The summed E-state index contributed by atoms with van der Waals surface area (Å²) in [5.41, 5.74) is 6.72. The van der Waals surface area contributed by atoms with Crippen LogP contribution in [-0.2, 0) is 9.53 Å². The molecule has 26 heavy (non-hydrogen) atoms. The van der Waals surface area contributed by atoms with Crippen LogP contribution in [0, 0.1) is 0 Å². The minimum absolute atomic E-state index is 0.0127. The predicted molar refractivity (Wildman–Crippen MR) is 99.0 cm³/mol. The standard InChI is InChI=1S/C19H29N5O2/c20-19(7-1-2-8-19)17(25)22-15-4-10-24(13-15)18-21-9-3-16(23-18)14-5-11-26-12-6-14/h3,9,14-15H,1-2,4-8,10-13,20H2,(H,22,25). The Labute approximate surface area is 154 Å². The largest absolute Gasteiger partial charge is 0.381 e. The first-order chi connectivity index (χ1) is 12.6. The third-order valence-electron chi connectivity index (χ3n) is 6.06. The summed E-state index contributed by atoms with van der Waals surface area (Å²) in [6.45, 7) is 3.23. The smallest absolute Gasteiger partial charge is 0.240 e. The van der Waals surface area contributed by atoms with Crippen LogP contribution < -0.4 is 16.0 Å². The summed E-state index contributed by atoms with van der Waals surface area (Å²) in [6.07, 6.45) is 8.50. The van der Waals surface area contributed by atoms with Gasteiger partial charge in [0.1, 0.15) is 0 Å². The number of hydrogen-bond acceptors (Lipinski definition) is 6. The molecule has 0 bridgehead atoms. The van der Waals surface area contributed by atoms with E-state index in [1.54, 1.807) is 0 Å². The van der Waals surface area contributed by atoms with Gasteiger partial charge in [-0.05, 0) is 38.2 Å². The van der Waals surface area contributed by atoms with Crippen molar-refractivity contribution in [1.82, 2.24) is 15.3 Å². The van der Waals surface area contributed by atoms with Crippen molar-refractivity contribution in [2.75, 3.05) is 31.2 Å². The molecule has 142 valence electrons. The van der Waals surface area contributed by atoms with Gasteiger partial charge in [-0.2, -0.15) is 0 Å². The van der Waals surface area contributed by atoms with E-state index >= 15 is 0 Å². The number of amides is 1. The van der Waals surface area contributed by atoms with Crippen molar-refractivity contribution in [3.63, 3.8) is 0 Å². The molecule has 0 radical (unpaired) electrons. The highest BCUT2D eigenvalue weighted by atomic mass is 16.5. The Bertz CT molecular complexity index is 641. The first kappa shape index (κ1) is 17.7. The SMILES string of the molecule is NC1(C(=O)NC2CCN(c3nccc(C4CCOCC4)n3)C2)CCCC1. The van der Waals surface area contributed by atoms with Crippen LogP contribution in [-0.4, -0.2) is 53.8 Å². The van der Waals surface area contributed by atoms with Gasteiger partial charge in [0.05, 0.1) is 5.54 Å². The third kappa shape index (κ3) is 3.69. The second-order valence-corrected chi connectivity index (χ2v) is 7.94. The Morgan fingerprint density at radius 3 is 2.81 bits per heavy atom. The lowest BCUT2D eigenvalue weighted by atomic mass is 9.96. The van der Waals surface area contributed by atoms with Gasteiger partial charge in [0.15, 0.2) is 0 Å². The lowest BCUT2D eigenvalue weighted by molar-refractivity contribution is -0.126. The van der Waals surface area contributed by atoms with Crippen LogP contribution in [0.25, 0.3) is 0 Å². The molecule has 0 aromatic carbocycles. The maximum Gasteiger partial charge on any atom is 0.240 e. The number of aromatic nitrogens is 2. The highest BCUT2D eigenvalue weighted by molar-refractivity contribution is 5.86. The van der Waals surface area contributed by atoms with E-state index in [1.165, 1.54) is 0 Å². The molecule has 7 heteroatoms. The maximum atomic E-state index is 12.5. The molecule has 3 aliphatic rings. The summed E-state index contributed by atoms with van der Waals surface area (Å²) < 4.78 is 5.45. The minimum Gasteiger partial charge on any atom is -0.381 e. The fourth-order valence-electron chi connectivity index (χ4n) is 4.36. The molecule has 3 N–H and O–H groups in total. The molecule has 1 amide bonds. The molecule has 1 aromatic rings. The predicted octanol–water partition coefficient (Wildman–Crippen LogP) is 1.34. The first-order valence-electron chi connectivity index (χ1n) is 9.89. The number of hydrogen-bond donors (Lipinski definition) is 2. The molecule has 3 fully saturated rings. The zero-order valence-electron chi connectivity index (χ0n) is 15.3. The fourth-order valence-corrected chi connectivity index (χ4v) is 4.36. The molecule has 4 rings (SSSR count). The fraction of sp³-hybridized carbons (Fsp3) is 0.737. The zero-order chi connectivity index (χ0) is 18.0. The van der Waals surface area contributed by atoms with Gasteiger partial charge in [0.25, 0.3) is 0 Å². The zero-order valence-corrected chi connectivity index (χ0v) is 15.3. The molecule has 1 atom stereocenters. The number of nitrogens with two attached hydrogens (primary N) is 1. The van der Waals surface area contributed by atoms with Gasteiger partial charge in [-0.3, -0.25) is 4.79 Å². The van der Waals surface area contributed by atoms with Crippen LogP contribution in [0.4, 0.5) is 5.95 Å². The Hall–Kier alpha value is -1.73. The third-order valence-corrected chi connectivity index (χ3v) is 6.06. The molecule has 1 aromatic heterocycles. The van der Waals surface area contributed by atoms with Gasteiger partial charge in [0, 0.05) is 50.2 Å². The summed E-state index contributed by atoms with van der Waals surface area (Å²) in [6, 6.07) is 2.14. The van der Waals surface area contributed by atoms with Crippen LogP contribution in [0.3, 0.4) is 0 Å². The van der Waals surface area contributed by atoms with Gasteiger partial charge in [-0.25, -0.2) is 9.97 Å². The summed E-state index contributed by atoms with van der Waals surface area (Å²) in [7, 11) is 0. The van der Waals surface area contributed by atoms with E-state index in [4.69, 9.17) is 15.5 Å². The van der Waals surface area contributed by atoms with E-state index in [0.717, 1.165) is 82.9 Å². The van der Waals surface area contributed by atoms with Gasteiger partial charge >= 0.3 is 0 Å². The topological polar surface area (TPSA) is 93.4 Å². The van der Waals surface area contributed by atoms with E-state index in [2.05, 4.69) is 15.2 Å². The van der Waals surface area contributed by atoms with E-state index < -0.39 is 5.54 Å². The number of ether oxygens (including phenoxy) is 1. The van der Waals surface area contributed by atoms with E-state index in [9.17, 15) is 4.79 Å². The van der Waals surface area contributed by atoms with Gasteiger partial charge < -0.3 is 20.7 Å². The van der Waals surface area contributed by atoms with Gasteiger partial charge in [-0.15, -0.1) is 0 Å². The number of rotatable bonds is 4. The number of nitrogens with one attached hydrogen (secondary N) is 1. The molecule has 3 heterocycles. The van der Waals surface area contributed by atoms with Crippen LogP contribution in [0.1, 0.15) is 56.6 Å². The van der Waals surface area contributed by atoms with Crippen LogP contribution in [0.2, 0.25) is 0 Å². The summed E-state index contributed by atoms with van der Waals surface area (Å²) >= 11 is 0. The van der Waals surface area contributed by atoms with E-state index in [0.29, 0.717) is 5.92 Å². The lowest BCUT2D eigenvalue weighted by Crippen LogP contribution is -2.54. The Morgan fingerprint density at radius 2 is 2.04 bits per heavy atom. The van der Waals surface area contributed by atoms with Crippen molar-refractivity contribution in [2.24, 2.45) is 5.73 Å². The Kier molecular flexibility index (Phi) is 5.09. The number of nitrogens with zero attached hydrogens (tertiary/aromatic N) is 3. The molecule has 1 saturated carbocycles. The van der Waals surface area contributed by atoms with Gasteiger partial charge in [-0.1, -0.05) is 12.8 Å². The number of anilines is 1. The van der Waals surface area contributed by atoms with Crippen LogP contribution in [0.15, 0.2) is 12.3 Å². The van der Waals surface area contributed by atoms with Crippen molar-refractivity contribution in [3.05, 3.63) is 18.0 Å². The second-order valence-electron chi connectivity index (χ2n) is 7.94. The van der Waals surface area contributed by atoms with Gasteiger partial charge in [0.2, 0.25) is 11.9 Å². The van der Waals surface area contributed by atoms with Crippen LogP contribution in [0.5, 0.6) is 0 Å². The molecular weight excluding hydrogens is 330 g/mol. The van der Waals surface area contributed by atoms with Crippen molar-refractivity contribution >= 4 is 11.9 Å². The van der Waals surface area contributed by atoms with Crippen LogP contribution >= 0.6 is 0 Å². The summed E-state index contributed by atoms with van der Waals surface area (Å²) in [5.74, 6) is 1.25. The van der Waals surface area contributed by atoms with E-state index in [1.807, 2.05) is 12.3 Å². The monoisotopic (exact) mass is 359 g/mol. The van der Waals surface area contributed by atoms with E-state index in [-0.39, 0.29) is 11.9 Å². The van der Waals surface area contributed by atoms with Crippen molar-refractivity contribution < 1.29 is 9.53 Å². The average Bonchev–Trinajstić information content (AvgIpc) is 3.33. The normalized spacial score (nSPS) is 26.2. The molecular formula is C19H29N5O2. The second kappa shape index (κ2) is 7.48. The quantitative estimate of drug-likeness (QED) is 0.843. The maximum absolute atomic E-state index is 12.5. The molecule has 1 unspecified atom stereocenters. The highest BCUT2D eigenvalue weighted by Gasteiger charge is 2.38. The van der Waals surface area contributed by atoms with Crippen molar-refractivity contribution in [1.29, 1.82) is 0 Å². The minimum atomic E-state index is -0.660. The molecule has 2 saturated heterocycles. The Morgan fingerprint density at radius 1 is 1.27 bits per heavy atom. The lowest BCUT2D eigenvalue weighted by Gasteiger charge is -2.25. The first-order valence-corrected chi connectivity index (χ1v) is 9.89. The van der Waals surface area contributed by atoms with Crippen molar-refractivity contribution in [2.45, 2.75) is 62.4 Å². The molecule has 1 aliphatic carbocycles.